The van der Waals surface area contributed by atoms with Crippen LogP contribution in [-0.4, -0.2) is 34.7 Å². The first-order valence-electron chi connectivity index (χ1n) is 6.78. The number of likely N-dealkylation sites (tertiary alicyclic amines) is 1. The highest BCUT2D eigenvalue weighted by atomic mass is 79.9. The standard InChI is InChI=1S/C15H21BrFNO/c1-15(2,18-7-3-4-8-18)14(19)10-11-9-12(17)5-6-13(11)16/h5-6,9,14,19H,3-4,7-8,10H2,1-2H3. The molecule has 1 N–H and O–H groups in total. The number of halogens is 2. The molecule has 0 radical (unpaired) electrons. The molecule has 2 nitrogen and oxygen atoms in total. The number of nitrogens with zero attached hydrogens (tertiary/aromatic N) is 1. The van der Waals surface area contributed by atoms with E-state index in [1.807, 2.05) is 0 Å². The van der Waals surface area contributed by atoms with Gasteiger partial charge in [0.2, 0.25) is 0 Å². The fraction of sp³-hybridized carbons (Fsp3) is 0.600. The molecule has 0 saturated carbocycles. The highest BCUT2D eigenvalue weighted by Crippen LogP contribution is 2.28. The quantitative estimate of drug-likeness (QED) is 0.915. The SMILES string of the molecule is CC(C)(C(O)Cc1cc(F)ccc1Br)N1CCCC1. The lowest BCUT2D eigenvalue weighted by atomic mass is 9.90. The first-order valence-corrected chi connectivity index (χ1v) is 7.57. The van der Waals surface area contributed by atoms with Crippen LogP contribution in [0.2, 0.25) is 0 Å². The van der Waals surface area contributed by atoms with E-state index in [0.717, 1.165) is 23.1 Å². The Kier molecular flexibility index (Phi) is 4.64. The topological polar surface area (TPSA) is 23.5 Å². The summed E-state index contributed by atoms with van der Waals surface area (Å²) < 4.78 is 14.1. The Labute approximate surface area is 122 Å². The normalized spacial score (nSPS) is 18.8. The van der Waals surface area contributed by atoms with Crippen molar-refractivity contribution in [1.29, 1.82) is 0 Å². The minimum absolute atomic E-state index is 0.260. The van der Waals surface area contributed by atoms with Gasteiger partial charge < -0.3 is 5.11 Å². The molecule has 0 aromatic heterocycles. The van der Waals surface area contributed by atoms with Crippen LogP contribution >= 0.6 is 15.9 Å². The second-order valence-electron chi connectivity index (χ2n) is 5.80. The second-order valence-corrected chi connectivity index (χ2v) is 6.66. The van der Waals surface area contributed by atoms with Gasteiger partial charge in [0.05, 0.1) is 6.10 Å². The first kappa shape index (κ1) is 14.9. The molecule has 0 spiro atoms. The van der Waals surface area contributed by atoms with Crippen molar-refractivity contribution in [3.8, 4) is 0 Å². The van der Waals surface area contributed by atoms with E-state index in [9.17, 15) is 9.50 Å². The Hall–Kier alpha value is -0.450. The molecule has 1 aromatic rings. The van der Waals surface area contributed by atoms with Crippen molar-refractivity contribution in [2.45, 2.75) is 44.8 Å². The third-order valence-electron chi connectivity index (χ3n) is 4.16. The van der Waals surface area contributed by atoms with Crippen LogP contribution in [-0.2, 0) is 6.42 Å². The van der Waals surface area contributed by atoms with Crippen molar-refractivity contribution in [3.05, 3.63) is 34.1 Å². The van der Waals surface area contributed by atoms with Gasteiger partial charge in [-0.1, -0.05) is 15.9 Å². The summed E-state index contributed by atoms with van der Waals surface area (Å²) in [6.45, 7) is 6.20. The molecule has 4 heteroatoms. The zero-order valence-corrected chi connectivity index (χ0v) is 13.1. The summed E-state index contributed by atoms with van der Waals surface area (Å²) in [4.78, 5) is 2.32. The van der Waals surface area contributed by atoms with Crippen LogP contribution in [0, 0.1) is 5.82 Å². The van der Waals surface area contributed by atoms with Gasteiger partial charge in [-0.25, -0.2) is 4.39 Å². The summed E-state index contributed by atoms with van der Waals surface area (Å²) in [7, 11) is 0. The van der Waals surface area contributed by atoms with Crippen LogP contribution in [0.1, 0.15) is 32.3 Å². The summed E-state index contributed by atoms with van der Waals surface area (Å²) in [5, 5.41) is 10.5. The van der Waals surface area contributed by atoms with Crippen molar-refractivity contribution in [2.24, 2.45) is 0 Å². The molecule has 1 aromatic carbocycles. The minimum Gasteiger partial charge on any atom is -0.391 e. The third-order valence-corrected chi connectivity index (χ3v) is 4.93. The van der Waals surface area contributed by atoms with E-state index >= 15 is 0 Å². The number of rotatable bonds is 4. The molecule has 0 aliphatic carbocycles. The highest BCUT2D eigenvalue weighted by molar-refractivity contribution is 9.10. The monoisotopic (exact) mass is 329 g/mol. The molecule has 19 heavy (non-hydrogen) atoms. The predicted octanol–water partition coefficient (Wildman–Crippen LogP) is 3.37. The Morgan fingerprint density at radius 3 is 2.63 bits per heavy atom. The summed E-state index contributed by atoms with van der Waals surface area (Å²) in [5.74, 6) is -0.260. The largest absolute Gasteiger partial charge is 0.391 e. The molecule has 1 atom stereocenters. The van der Waals surface area contributed by atoms with Crippen molar-refractivity contribution >= 4 is 15.9 Å². The summed E-state index contributed by atoms with van der Waals surface area (Å²) >= 11 is 3.42. The number of aliphatic hydroxyl groups excluding tert-OH is 1. The van der Waals surface area contributed by atoms with E-state index < -0.39 is 6.10 Å². The van der Waals surface area contributed by atoms with Crippen molar-refractivity contribution in [1.82, 2.24) is 4.90 Å². The lowest BCUT2D eigenvalue weighted by Crippen LogP contribution is -2.51. The molecular weight excluding hydrogens is 309 g/mol. The Bertz CT molecular complexity index is 444. The lowest BCUT2D eigenvalue weighted by molar-refractivity contribution is 0.00325. The number of aliphatic hydroxyl groups is 1. The van der Waals surface area contributed by atoms with E-state index in [1.165, 1.54) is 25.0 Å². The van der Waals surface area contributed by atoms with Crippen molar-refractivity contribution in [2.75, 3.05) is 13.1 Å². The summed E-state index contributed by atoms with van der Waals surface area (Å²) in [6, 6.07) is 4.61. The van der Waals surface area contributed by atoms with Crippen molar-refractivity contribution < 1.29 is 9.50 Å². The fourth-order valence-corrected chi connectivity index (χ4v) is 3.07. The summed E-state index contributed by atoms with van der Waals surface area (Å²) in [5.41, 5.74) is 0.544. The van der Waals surface area contributed by atoms with Crippen LogP contribution in [0.4, 0.5) is 4.39 Å². The van der Waals surface area contributed by atoms with E-state index in [0.29, 0.717) is 6.42 Å². The smallest absolute Gasteiger partial charge is 0.123 e. The number of benzene rings is 1. The molecule has 1 aliphatic heterocycles. The maximum absolute atomic E-state index is 13.3. The average Bonchev–Trinajstić information content (AvgIpc) is 2.88. The molecule has 0 amide bonds. The maximum Gasteiger partial charge on any atom is 0.123 e. The van der Waals surface area contributed by atoms with Gasteiger partial charge in [0.15, 0.2) is 0 Å². The van der Waals surface area contributed by atoms with Gasteiger partial charge in [-0.05, 0) is 63.5 Å². The van der Waals surface area contributed by atoms with Crippen LogP contribution in [0.25, 0.3) is 0 Å². The molecule has 106 valence electrons. The predicted molar refractivity (Wildman–Crippen MR) is 78.7 cm³/mol. The second kappa shape index (κ2) is 5.90. The van der Waals surface area contributed by atoms with Crippen molar-refractivity contribution in [3.63, 3.8) is 0 Å². The fourth-order valence-electron chi connectivity index (χ4n) is 2.66. The van der Waals surface area contributed by atoms with E-state index in [1.54, 1.807) is 6.07 Å². The van der Waals surface area contributed by atoms with Gasteiger partial charge in [0.1, 0.15) is 5.82 Å². The molecule has 1 aliphatic rings. The van der Waals surface area contributed by atoms with Gasteiger partial charge in [-0.2, -0.15) is 0 Å². The molecule has 2 rings (SSSR count). The minimum atomic E-state index is -0.510. The molecule has 1 heterocycles. The molecule has 1 saturated heterocycles. The zero-order valence-electron chi connectivity index (χ0n) is 11.5. The lowest BCUT2D eigenvalue weighted by Gasteiger charge is -2.39. The Morgan fingerprint density at radius 2 is 2.00 bits per heavy atom. The average molecular weight is 330 g/mol. The van der Waals surface area contributed by atoms with Gasteiger partial charge in [0, 0.05) is 16.4 Å². The highest BCUT2D eigenvalue weighted by Gasteiger charge is 2.35. The number of hydrogen-bond donors (Lipinski definition) is 1. The zero-order chi connectivity index (χ0) is 14.0. The van der Waals surface area contributed by atoms with Crippen LogP contribution < -0.4 is 0 Å². The first-order chi connectivity index (χ1) is 8.91. The molecular formula is C15H21BrFNO. The van der Waals surface area contributed by atoms with Crippen LogP contribution in [0.3, 0.4) is 0 Å². The van der Waals surface area contributed by atoms with Crippen LogP contribution in [0.15, 0.2) is 22.7 Å². The molecule has 0 bridgehead atoms. The Balaban J connectivity index is 2.11. The summed E-state index contributed by atoms with van der Waals surface area (Å²) in [6.07, 6.45) is 2.34. The van der Waals surface area contributed by atoms with Gasteiger partial charge in [-0.15, -0.1) is 0 Å². The van der Waals surface area contributed by atoms with Gasteiger partial charge in [0.25, 0.3) is 0 Å². The van der Waals surface area contributed by atoms with Crippen LogP contribution in [0.5, 0.6) is 0 Å². The molecule has 1 unspecified atom stereocenters. The van der Waals surface area contributed by atoms with E-state index in [4.69, 9.17) is 0 Å². The van der Waals surface area contributed by atoms with Gasteiger partial charge in [-0.3, -0.25) is 4.90 Å². The van der Waals surface area contributed by atoms with E-state index in [-0.39, 0.29) is 11.4 Å². The van der Waals surface area contributed by atoms with Gasteiger partial charge >= 0.3 is 0 Å². The molecule has 1 fully saturated rings. The number of hydrogen-bond acceptors (Lipinski definition) is 2. The maximum atomic E-state index is 13.3. The van der Waals surface area contributed by atoms with E-state index in [2.05, 4.69) is 34.7 Å². The third kappa shape index (κ3) is 3.36. The Morgan fingerprint density at radius 1 is 1.37 bits per heavy atom.